The maximum Gasteiger partial charge on any atom is 0.153 e. The number of rotatable bonds is 4. The van der Waals surface area contributed by atoms with E-state index in [-0.39, 0.29) is 0 Å². The third-order valence-electron chi connectivity index (χ3n) is 3.05. The van der Waals surface area contributed by atoms with Gasteiger partial charge >= 0.3 is 0 Å². The Bertz CT molecular complexity index is 748. The van der Waals surface area contributed by atoms with Gasteiger partial charge in [0.2, 0.25) is 0 Å². The van der Waals surface area contributed by atoms with Crippen LogP contribution >= 0.6 is 22.9 Å². The van der Waals surface area contributed by atoms with Crippen LogP contribution in [-0.4, -0.2) is 26.3 Å². The van der Waals surface area contributed by atoms with E-state index in [9.17, 15) is 0 Å². The summed E-state index contributed by atoms with van der Waals surface area (Å²) in [5.74, 6) is 1.61. The van der Waals surface area contributed by atoms with Crippen molar-refractivity contribution >= 4 is 39.0 Å². The Morgan fingerprint density at radius 3 is 2.95 bits per heavy atom. The second-order valence-corrected chi connectivity index (χ2v) is 5.70. The van der Waals surface area contributed by atoms with E-state index in [1.807, 2.05) is 23.1 Å². The van der Waals surface area contributed by atoms with Crippen LogP contribution in [0, 0.1) is 6.92 Å². The van der Waals surface area contributed by atoms with Crippen LogP contribution in [0.5, 0.6) is 0 Å². The third-order valence-corrected chi connectivity index (χ3v) is 4.23. The fourth-order valence-electron chi connectivity index (χ4n) is 1.99. The van der Waals surface area contributed by atoms with Crippen molar-refractivity contribution in [2.24, 2.45) is 0 Å². The van der Waals surface area contributed by atoms with Crippen molar-refractivity contribution in [3.05, 3.63) is 34.2 Å². The number of nitrogens with zero attached hydrogens (tertiary/aromatic N) is 4. The van der Waals surface area contributed by atoms with Gasteiger partial charge in [0, 0.05) is 6.54 Å². The van der Waals surface area contributed by atoms with E-state index in [1.165, 1.54) is 0 Å². The number of hydrogen-bond donors (Lipinski definition) is 1. The minimum Gasteiger partial charge on any atom is -0.370 e. The zero-order chi connectivity index (χ0) is 14.1. The predicted octanol–water partition coefficient (Wildman–Crippen LogP) is 3.33. The molecule has 0 amide bonds. The summed E-state index contributed by atoms with van der Waals surface area (Å²) in [5.41, 5.74) is 0.923. The van der Waals surface area contributed by atoms with E-state index >= 15 is 0 Å². The smallest absolute Gasteiger partial charge is 0.153 e. The van der Waals surface area contributed by atoms with E-state index in [2.05, 4.69) is 27.3 Å². The van der Waals surface area contributed by atoms with Gasteiger partial charge in [-0.2, -0.15) is 5.10 Å². The minimum absolute atomic E-state index is 0.519. The van der Waals surface area contributed by atoms with E-state index in [0.29, 0.717) is 11.6 Å². The van der Waals surface area contributed by atoms with Gasteiger partial charge in [-0.15, -0.1) is 11.3 Å². The number of hydrogen-bond acceptors (Lipinski definition) is 5. The van der Waals surface area contributed by atoms with E-state index in [0.717, 1.165) is 34.1 Å². The molecule has 5 nitrogen and oxygen atoms in total. The standard InChI is InChI=1S/C13H14ClN5S/c1-3-15-12-9-4-5-20-13(9)18-11(17-12)7-19-8(2)10(14)6-16-19/h4-6H,3,7H2,1-2H3,(H,15,17,18). The fraction of sp³-hybridized carbons (Fsp3) is 0.308. The van der Waals surface area contributed by atoms with Crippen LogP contribution in [0.3, 0.4) is 0 Å². The van der Waals surface area contributed by atoms with Crippen LogP contribution in [-0.2, 0) is 6.54 Å². The Hall–Kier alpha value is -1.66. The quantitative estimate of drug-likeness (QED) is 0.803. The average molecular weight is 308 g/mol. The van der Waals surface area contributed by atoms with Crippen molar-refractivity contribution in [3.8, 4) is 0 Å². The van der Waals surface area contributed by atoms with Crippen molar-refractivity contribution in [3.63, 3.8) is 0 Å². The molecule has 20 heavy (non-hydrogen) atoms. The largest absolute Gasteiger partial charge is 0.370 e. The van der Waals surface area contributed by atoms with Crippen LogP contribution in [0.4, 0.5) is 5.82 Å². The first-order valence-electron chi connectivity index (χ1n) is 6.35. The van der Waals surface area contributed by atoms with Crippen molar-refractivity contribution in [1.82, 2.24) is 19.7 Å². The molecule has 3 heterocycles. The Balaban J connectivity index is 2.01. The molecule has 0 unspecified atom stereocenters. The molecule has 7 heteroatoms. The van der Waals surface area contributed by atoms with Crippen LogP contribution in [0.15, 0.2) is 17.6 Å². The molecule has 0 bridgehead atoms. The SMILES string of the molecule is CCNc1nc(Cn2ncc(Cl)c2C)nc2sccc12. The molecule has 0 radical (unpaired) electrons. The van der Waals surface area contributed by atoms with E-state index in [1.54, 1.807) is 17.5 Å². The van der Waals surface area contributed by atoms with Gasteiger partial charge in [0.1, 0.15) is 17.2 Å². The summed E-state index contributed by atoms with van der Waals surface area (Å²) in [4.78, 5) is 10.2. The average Bonchev–Trinajstić information content (AvgIpc) is 3.01. The van der Waals surface area contributed by atoms with Crippen molar-refractivity contribution in [1.29, 1.82) is 0 Å². The van der Waals surface area contributed by atoms with Crippen molar-refractivity contribution in [2.45, 2.75) is 20.4 Å². The zero-order valence-corrected chi connectivity index (χ0v) is 12.8. The summed E-state index contributed by atoms with van der Waals surface area (Å²) in [6, 6.07) is 2.04. The second-order valence-electron chi connectivity index (χ2n) is 4.39. The number of nitrogens with one attached hydrogen (secondary N) is 1. The molecular weight excluding hydrogens is 294 g/mol. The van der Waals surface area contributed by atoms with Gasteiger partial charge in [0.05, 0.1) is 22.3 Å². The van der Waals surface area contributed by atoms with E-state index < -0.39 is 0 Å². The van der Waals surface area contributed by atoms with Gasteiger partial charge in [-0.05, 0) is 25.3 Å². The van der Waals surface area contributed by atoms with E-state index in [4.69, 9.17) is 11.6 Å². The molecule has 1 N–H and O–H groups in total. The first-order valence-corrected chi connectivity index (χ1v) is 7.60. The highest BCUT2D eigenvalue weighted by Gasteiger charge is 2.11. The highest BCUT2D eigenvalue weighted by molar-refractivity contribution is 7.16. The molecule has 0 spiro atoms. The fourth-order valence-corrected chi connectivity index (χ4v) is 2.91. The number of fused-ring (bicyclic) bond motifs is 1. The summed E-state index contributed by atoms with van der Waals surface area (Å²) in [6.45, 7) is 5.33. The molecule has 0 atom stereocenters. The molecule has 3 rings (SSSR count). The molecule has 104 valence electrons. The van der Waals surface area contributed by atoms with Gasteiger partial charge in [0.25, 0.3) is 0 Å². The topological polar surface area (TPSA) is 55.6 Å². The molecule has 0 aliphatic heterocycles. The number of halogens is 1. The molecule has 0 fully saturated rings. The Kier molecular flexibility index (Phi) is 3.58. The monoisotopic (exact) mass is 307 g/mol. The molecule has 0 aliphatic carbocycles. The van der Waals surface area contributed by atoms with Crippen molar-refractivity contribution in [2.75, 3.05) is 11.9 Å². The van der Waals surface area contributed by atoms with Gasteiger partial charge in [0.15, 0.2) is 5.82 Å². The van der Waals surface area contributed by atoms with Gasteiger partial charge in [-0.1, -0.05) is 11.6 Å². The molecule has 0 saturated heterocycles. The lowest BCUT2D eigenvalue weighted by Gasteiger charge is -2.08. The highest BCUT2D eigenvalue weighted by Crippen LogP contribution is 2.25. The highest BCUT2D eigenvalue weighted by atomic mass is 35.5. The predicted molar refractivity (Wildman–Crippen MR) is 82.7 cm³/mol. The molecular formula is C13H14ClN5S. The number of aromatic nitrogens is 4. The van der Waals surface area contributed by atoms with Crippen LogP contribution in [0.25, 0.3) is 10.2 Å². The summed E-state index contributed by atoms with van der Waals surface area (Å²) in [6.07, 6.45) is 1.64. The van der Waals surface area contributed by atoms with Crippen LogP contribution in [0.2, 0.25) is 5.02 Å². The van der Waals surface area contributed by atoms with Gasteiger partial charge in [-0.3, -0.25) is 4.68 Å². The number of anilines is 1. The third kappa shape index (κ3) is 2.36. The van der Waals surface area contributed by atoms with Gasteiger partial charge in [-0.25, -0.2) is 9.97 Å². The Morgan fingerprint density at radius 2 is 2.25 bits per heavy atom. The van der Waals surface area contributed by atoms with Gasteiger partial charge < -0.3 is 5.32 Å². The van der Waals surface area contributed by atoms with Crippen LogP contribution in [0.1, 0.15) is 18.4 Å². The Labute approximate surface area is 125 Å². The molecule has 0 aliphatic rings. The number of thiophene rings is 1. The van der Waals surface area contributed by atoms with Crippen LogP contribution < -0.4 is 5.32 Å². The molecule has 0 saturated carbocycles. The normalized spacial score (nSPS) is 11.2. The lowest BCUT2D eigenvalue weighted by Crippen LogP contribution is -2.09. The first kappa shape index (κ1) is 13.3. The second kappa shape index (κ2) is 5.38. The Morgan fingerprint density at radius 1 is 1.40 bits per heavy atom. The molecule has 3 aromatic rings. The maximum absolute atomic E-state index is 6.02. The van der Waals surface area contributed by atoms with Crippen molar-refractivity contribution < 1.29 is 0 Å². The zero-order valence-electron chi connectivity index (χ0n) is 11.2. The summed E-state index contributed by atoms with van der Waals surface area (Å²) in [5, 5.41) is 11.3. The lowest BCUT2D eigenvalue weighted by molar-refractivity contribution is 0.640. The molecule has 3 aromatic heterocycles. The summed E-state index contributed by atoms with van der Waals surface area (Å²) < 4.78 is 1.81. The summed E-state index contributed by atoms with van der Waals surface area (Å²) >= 11 is 7.63. The molecule has 0 aromatic carbocycles. The summed E-state index contributed by atoms with van der Waals surface area (Å²) in [7, 11) is 0. The minimum atomic E-state index is 0.519. The lowest BCUT2D eigenvalue weighted by atomic mass is 10.3. The maximum atomic E-state index is 6.02. The first-order chi connectivity index (χ1) is 9.69.